The fraction of sp³-hybridized carbons (Fsp3) is 0.286. The molecule has 5 nitrogen and oxygen atoms in total. The van der Waals surface area contributed by atoms with Crippen LogP contribution < -0.4 is 5.56 Å². The van der Waals surface area contributed by atoms with Crippen LogP contribution in [0.2, 0.25) is 0 Å². The van der Waals surface area contributed by atoms with E-state index in [-0.39, 0.29) is 17.5 Å². The van der Waals surface area contributed by atoms with Crippen LogP contribution in [0.15, 0.2) is 58.7 Å². The zero-order chi connectivity index (χ0) is 18.8. The van der Waals surface area contributed by atoms with Crippen molar-refractivity contribution in [2.75, 3.05) is 13.1 Å². The maximum atomic E-state index is 12.5. The normalized spacial score (nSPS) is 15.1. The van der Waals surface area contributed by atoms with Crippen molar-refractivity contribution in [3.63, 3.8) is 0 Å². The van der Waals surface area contributed by atoms with Crippen molar-refractivity contribution in [3.8, 4) is 11.3 Å². The molecule has 0 aliphatic carbocycles. The Bertz CT molecular complexity index is 988. The number of benzene rings is 1. The van der Waals surface area contributed by atoms with Crippen molar-refractivity contribution < 1.29 is 4.79 Å². The molecule has 6 heteroatoms. The molecule has 3 heterocycles. The number of hydrogen-bond acceptors (Lipinski definition) is 4. The third kappa shape index (κ3) is 3.57. The molecule has 1 fully saturated rings. The number of amides is 1. The molecular formula is C21H21N3O2S. The number of nitrogens with zero attached hydrogens (tertiary/aromatic N) is 3. The van der Waals surface area contributed by atoms with Crippen molar-refractivity contribution >= 4 is 17.2 Å². The van der Waals surface area contributed by atoms with Gasteiger partial charge in [-0.05, 0) is 36.8 Å². The first-order chi connectivity index (χ1) is 13.1. The molecular weight excluding hydrogens is 358 g/mol. The largest absolute Gasteiger partial charge is 0.338 e. The highest BCUT2D eigenvalue weighted by atomic mass is 32.1. The van der Waals surface area contributed by atoms with Crippen molar-refractivity contribution in [1.82, 2.24) is 14.7 Å². The van der Waals surface area contributed by atoms with Gasteiger partial charge in [0.15, 0.2) is 0 Å². The van der Waals surface area contributed by atoms with Gasteiger partial charge in [0.25, 0.3) is 11.5 Å². The van der Waals surface area contributed by atoms with Gasteiger partial charge < -0.3 is 4.90 Å². The minimum absolute atomic E-state index is 0.0212. The van der Waals surface area contributed by atoms with Crippen molar-refractivity contribution in [1.29, 1.82) is 0 Å². The maximum Gasteiger partial charge on any atom is 0.267 e. The van der Waals surface area contributed by atoms with E-state index in [0.717, 1.165) is 34.5 Å². The van der Waals surface area contributed by atoms with Crippen LogP contribution in [-0.2, 0) is 0 Å². The van der Waals surface area contributed by atoms with Gasteiger partial charge in [0, 0.05) is 24.7 Å². The fourth-order valence-electron chi connectivity index (χ4n) is 3.57. The summed E-state index contributed by atoms with van der Waals surface area (Å²) in [6, 6.07) is 15.4. The van der Waals surface area contributed by atoms with E-state index < -0.39 is 0 Å². The van der Waals surface area contributed by atoms with Crippen LogP contribution in [0.5, 0.6) is 0 Å². The lowest BCUT2D eigenvalue weighted by Gasteiger charge is -2.32. The lowest BCUT2D eigenvalue weighted by molar-refractivity contribution is 0.0693. The fourth-order valence-corrected chi connectivity index (χ4v) is 4.26. The molecule has 0 spiro atoms. The summed E-state index contributed by atoms with van der Waals surface area (Å²) in [5.74, 6) is 0.0811. The monoisotopic (exact) mass is 379 g/mol. The molecule has 1 saturated heterocycles. The van der Waals surface area contributed by atoms with Gasteiger partial charge in [0.1, 0.15) is 0 Å². The van der Waals surface area contributed by atoms with Crippen LogP contribution in [0.1, 0.15) is 34.1 Å². The summed E-state index contributed by atoms with van der Waals surface area (Å²) in [5, 5.41) is 6.61. The zero-order valence-electron chi connectivity index (χ0n) is 15.2. The molecule has 1 aliphatic rings. The number of thiophene rings is 1. The molecule has 3 aromatic rings. The van der Waals surface area contributed by atoms with Gasteiger partial charge in [-0.2, -0.15) is 5.10 Å². The summed E-state index contributed by atoms with van der Waals surface area (Å²) in [7, 11) is 0. The number of piperidine rings is 1. The number of aryl methyl sites for hydroxylation is 1. The van der Waals surface area contributed by atoms with Gasteiger partial charge in [-0.25, -0.2) is 4.68 Å². The molecule has 27 heavy (non-hydrogen) atoms. The Morgan fingerprint density at radius 3 is 2.52 bits per heavy atom. The van der Waals surface area contributed by atoms with Crippen molar-refractivity contribution in [3.05, 3.63) is 74.7 Å². The third-order valence-electron chi connectivity index (χ3n) is 5.02. The summed E-state index contributed by atoms with van der Waals surface area (Å²) in [6.07, 6.45) is 1.47. The number of rotatable bonds is 3. The van der Waals surface area contributed by atoms with Crippen LogP contribution in [0.4, 0.5) is 0 Å². The predicted molar refractivity (Wildman–Crippen MR) is 107 cm³/mol. The van der Waals surface area contributed by atoms with Crippen LogP contribution in [0, 0.1) is 6.92 Å². The number of likely N-dealkylation sites (tertiary alicyclic amines) is 1. The molecule has 0 atom stereocenters. The van der Waals surface area contributed by atoms with E-state index in [1.165, 1.54) is 11.3 Å². The molecule has 0 unspecified atom stereocenters. The van der Waals surface area contributed by atoms with Crippen LogP contribution in [0.25, 0.3) is 11.3 Å². The summed E-state index contributed by atoms with van der Waals surface area (Å²) >= 11 is 1.47. The molecule has 0 saturated carbocycles. The van der Waals surface area contributed by atoms with E-state index in [2.05, 4.69) is 5.10 Å². The second kappa shape index (κ2) is 7.48. The molecule has 0 N–H and O–H groups in total. The molecule has 1 aliphatic heterocycles. The Labute approximate surface area is 161 Å². The van der Waals surface area contributed by atoms with E-state index >= 15 is 0 Å². The summed E-state index contributed by atoms with van der Waals surface area (Å²) in [4.78, 5) is 27.7. The molecule has 0 radical (unpaired) electrons. The van der Waals surface area contributed by atoms with Crippen LogP contribution in [0.3, 0.4) is 0 Å². The highest BCUT2D eigenvalue weighted by Crippen LogP contribution is 2.25. The van der Waals surface area contributed by atoms with Crippen molar-refractivity contribution in [2.45, 2.75) is 25.8 Å². The lowest BCUT2D eigenvalue weighted by Crippen LogP contribution is -2.41. The van der Waals surface area contributed by atoms with E-state index in [1.807, 2.05) is 59.7 Å². The quantitative estimate of drug-likeness (QED) is 0.696. The standard InChI is InChI=1S/C21H21N3O2S/c1-15-14-19(25)24(22-20(15)16-6-3-2-4-7-16)17-9-11-23(12-10-17)21(26)18-8-5-13-27-18/h2-8,13-14,17H,9-12H2,1H3. The number of carbonyl (C=O) groups is 1. The highest BCUT2D eigenvalue weighted by molar-refractivity contribution is 7.12. The van der Waals surface area contributed by atoms with Gasteiger partial charge in [0.05, 0.1) is 16.6 Å². The van der Waals surface area contributed by atoms with E-state index in [4.69, 9.17) is 0 Å². The maximum absolute atomic E-state index is 12.5. The Morgan fingerprint density at radius 1 is 1.11 bits per heavy atom. The Morgan fingerprint density at radius 2 is 1.85 bits per heavy atom. The van der Waals surface area contributed by atoms with Crippen molar-refractivity contribution in [2.24, 2.45) is 0 Å². The minimum Gasteiger partial charge on any atom is -0.338 e. The topological polar surface area (TPSA) is 55.2 Å². The van der Waals surface area contributed by atoms with Crippen LogP contribution >= 0.6 is 11.3 Å². The average Bonchev–Trinajstić information content (AvgIpc) is 3.23. The molecule has 1 aromatic carbocycles. The molecule has 1 amide bonds. The summed E-state index contributed by atoms with van der Waals surface area (Å²) in [6.45, 7) is 3.21. The smallest absolute Gasteiger partial charge is 0.267 e. The van der Waals surface area contributed by atoms with Gasteiger partial charge >= 0.3 is 0 Å². The van der Waals surface area contributed by atoms with Gasteiger partial charge in [-0.1, -0.05) is 36.4 Å². The van der Waals surface area contributed by atoms with E-state index in [9.17, 15) is 9.59 Å². The first-order valence-corrected chi connectivity index (χ1v) is 10.00. The summed E-state index contributed by atoms with van der Waals surface area (Å²) in [5.41, 5.74) is 2.66. The Kier molecular flexibility index (Phi) is 4.90. The molecule has 138 valence electrons. The second-order valence-corrected chi connectivity index (χ2v) is 7.77. The van der Waals surface area contributed by atoms with Gasteiger partial charge in [-0.3, -0.25) is 9.59 Å². The number of aromatic nitrogens is 2. The SMILES string of the molecule is Cc1cc(=O)n(C2CCN(C(=O)c3cccs3)CC2)nc1-c1ccccc1. The number of carbonyl (C=O) groups excluding carboxylic acids is 1. The summed E-state index contributed by atoms with van der Waals surface area (Å²) < 4.78 is 1.61. The van der Waals surface area contributed by atoms with Gasteiger partial charge in [0.2, 0.25) is 0 Å². The molecule has 4 rings (SSSR count). The minimum atomic E-state index is -0.0739. The first-order valence-electron chi connectivity index (χ1n) is 9.12. The number of hydrogen-bond donors (Lipinski definition) is 0. The second-order valence-electron chi connectivity index (χ2n) is 6.83. The third-order valence-corrected chi connectivity index (χ3v) is 5.88. The van der Waals surface area contributed by atoms with E-state index in [0.29, 0.717) is 13.1 Å². The first kappa shape index (κ1) is 17.7. The van der Waals surface area contributed by atoms with E-state index in [1.54, 1.807) is 10.7 Å². The predicted octanol–water partition coefficient (Wildman–Crippen LogP) is 3.76. The Balaban J connectivity index is 1.55. The van der Waals surface area contributed by atoms with Gasteiger partial charge in [-0.15, -0.1) is 11.3 Å². The molecule has 2 aromatic heterocycles. The Hall–Kier alpha value is -2.73. The average molecular weight is 379 g/mol. The highest BCUT2D eigenvalue weighted by Gasteiger charge is 2.26. The zero-order valence-corrected chi connectivity index (χ0v) is 16.0. The molecule has 0 bridgehead atoms. The lowest BCUT2D eigenvalue weighted by atomic mass is 10.0. The van der Waals surface area contributed by atoms with Crippen LogP contribution in [-0.4, -0.2) is 33.7 Å².